The van der Waals surface area contributed by atoms with Crippen LogP contribution in [0.1, 0.15) is 12.8 Å². The molecule has 6 heteroatoms. The first-order valence-electron chi connectivity index (χ1n) is 5.04. The molecule has 0 atom stereocenters. The van der Waals surface area contributed by atoms with Crippen LogP contribution >= 0.6 is 0 Å². The highest BCUT2D eigenvalue weighted by atomic mass is 16.4. The van der Waals surface area contributed by atoms with E-state index in [1.54, 1.807) is 13.2 Å². The predicted molar refractivity (Wildman–Crippen MR) is 57.3 cm³/mol. The van der Waals surface area contributed by atoms with Gasteiger partial charge in [-0.25, -0.2) is 4.98 Å². The Hall–Kier alpha value is -1.85. The minimum atomic E-state index is -0.812. The highest BCUT2D eigenvalue weighted by Gasteiger charge is 2.50. The Morgan fingerprint density at radius 2 is 2.38 bits per heavy atom. The number of hydrogen-bond donors (Lipinski definition) is 2. The van der Waals surface area contributed by atoms with E-state index in [2.05, 4.69) is 10.3 Å². The van der Waals surface area contributed by atoms with Crippen LogP contribution in [-0.4, -0.2) is 27.2 Å². The maximum absolute atomic E-state index is 11.6. The Balaban J connectivity index is 2.09. The van der Waals surface area contributed by atoms with E-state index in [4.69, 9.17) is 5.11 Å². The normalized spacial score (nSPS) is 16.8. The van der Waals surface area contributed by atoms with Gasteiger partial charge in [0.05, 0.1) is 5.41 Å². The zero-order chi connectivity index (χ0) is 11.8. The Morgan fingerprint density at radius 1 is 1.69 bits per heavy atom. The molecule has 2 N–H and O–H groups in total. The summed E-state index contributed by atoms with van der Waals surface area (Å²) in [7, 11) is 1.62. The first-order chi connectivity index (χ1) is 7.55. The first kappa shape index (κ1) is 10.7. The molecule has 0 aromatic carbocycles. The standard InChI is InChI=1S/C10H13N3O3/c1-13-5-4-11-7(8(13)14)12-6-10(2-3-10)9(15)16/h4-5H,2-3,6H2,1H3,(H,11,12)(H,15,16). The van der Waals surface area contributed by atoms with E-state index in [1.165, 1.54) is 10.8 Å². The van der Waals surface area contributed by atoms with Crippen molar-refractivity contribution in [1.82, 2.24) is 9.55 Å². The number of anilines is 1. The molecule has 1 aromatic heterocycles. The second-order valence-corrected chi connectivity index (χ2v) is 4.13. The van der Waals surface area contributed by atoms with Gasteiger partial charge in [0.15, 0.2) is 5.82 Å². The molecule has 2 rings (SSSR count). The molecule has 1 aliphatic carbocycles. The fourth-order valence-corrected chi connectivity index (χ4v) is 1.49. The number of nitrogens with zero attached hydrogens (tertiary/aromatic N) is 2. The van der Waals surface area contributed by atoms with Crippen molar-refractivity contribution in [3.63, 3.8) is 0 Å². The number of aliphatic carboxylic acids is 1. The number of carboxylic acids is 1. The minimum Gasteiger partial charge on any atom is -0.481 e. The Bertz CT molecular complexity index is 476. The van der Waals surface area contributed by atoms with Crippen LogP contribution in [0.25, 0.3) is 0 Å². The molecule has 86 valence electrons. The lowest BCUT2D eigenvalue weighted by atomic mass is 10.1. The Kier molecular flexibility index (Phi) is 2.41. The fourth-order valence-electron chi connectivity index (χ4n) is 1.49. The van der Waals surface area contributed by atoms with Crippen molar-refractivity contribution < 1.29 is 9.90 Å². The first-order valence-corrected chi connectivity index (χ1v) is 5.04. The van der Waals surface area contributed by atoms with Crippen LogP contribution in [0.4, 0.5) is 5.82 Å². The molecule has 0 saturated heterocycles. The van der Waals surface area contributed by atoms with Gasteiger partial charge in [-0.1, -0.05) is 0 Å². The lowest BCUT2D eigenvalue weighted by Gasteiger charge is -2.11. The number of hydrogen-bond acceptors (Lipinski definition) is 4. The van der Waals surface area contributed by atoms with Crippen LogP contribution in [0.15, 0.2) is 17.2 Å². The van der Waals surface area contributed by atoms with Gasteiger partial charge in [-0.3, -0.25) is 9.59 Å². The topological polar surface area (TPSA) is 84.2 Å². The Morgan fingerprint density at radius 3 is 2.94 bits per heavy atom. The molecular weight excluding hydrogens is 210 g/mol. The van der Waals surface area contributed by atoms with E-state index < -0.39 is 11.4 Å². The van der Waals surface area contributed by atoms with Crippen molar-refractivity contribution in [3.05, 3.63) is 22.7 Å². The molecule has 16 heavy (non-hydrogen) atoms. The van der Waals surface area contributed by atoms with Gasteiger partial charge in [0.1, 0.15) is 0 Å². The Labute approximate surface area is 91.9 Å². The number of nitrogens with one attached hydrogen (secondary N) is 1. The minimum absolute atomic E-state index is 0.206. The molecule has 0 spiro atoms. The average Bonchev–Trinajstić information content (AvgIpc) is 3.01. The molecule has 0 aliphatic heterocycles. The van der Waals surface area contributed by atoms with E-state index in [0.717, 1.165) is 0 Å². The number of aromatic nitrogens is 2. The molecule has 0 radical (unpaired) electrons. The van der Waals surface area contributed by atoms with Gasteiger partial charge in [-0.2, -0.15) is 0 Å². The van der Waals surface area contributed by atoms with Gasteiger partial charge in [0.25, 0.3) is 5.56 Å². The second kappa shape index (κ2) is 3.62. The average molecular weight is 223 g/mol. The molecule has 0 bridgehead atoms. The SMILES string of the molecule is Cn1ccnc(NCC2(C(=O)O)CC2)c1=O. The third-order valence-electron chi connectivity index (χ3n) is 2.92. The number of carboxylic acid groups (broad SMARTS) is 1. The summed E-state index contributed by atoms with van der Waals surface area (Å²) in [5.74, 6) is -0.606. The quantitative estimate of drug-likeness (QED) is 0.753. The molecule has 1 saturated carbocycles. The summed E-state index contributed by atoms with van der Waals surface area (Å²) in [6.07, 6.45) is 4.37. The summed E-state index contributed by atoms with van der Waals surface area (Å²) >= 11 is 0. The molecule has 1 aromatic rings. The van der Waals surface area contributed by atoms with Crippen LogP contribution in [0, 0.1) is 5.41 Å². The maximum Gasteiger partial charge on any atom is 0.311 e. The third kappa shape index (κ3) is 1.78. The zero-order valence-corrected chi connectivity index (χ0v) is 8.93. The summed E-state index contributed by atoms with van der Waals surface area (Å²) < 4.78 is 1.40. The van der Waals surface area contributed by atoms with Crippen molar-refractivity contribution in [2.75, 3.05) is 11.9 Å². The van der Waals surface area contributed by atoms with E-state index in [9.17, 15) is 9.59 Å². The summed E-state index contributed by atoms with van der Waals surface area (Å²) in [5, 5.41) is 11.8. The van der Waals surface area contributed by atoms with Gasteiger partial charge < -0.3 is 15.0 Å². The predicted octanol–water partition coefficient (Wildman–Crippen LogP) is 0.0570. The van der Waals surface area contributed by atoms with E-state index >= 15 is 0 Å². The van der Waals surface area contributed by atoms with Gasteiger partial charge in [0.2, 0.25) is 0 Å². The van der Waals surface area contributed by atoms with Crippen LogP contribution in [0.2, 0.25) is 0 Å². The molecule has 0 amide bonds. The van der Waals surface area contributed by atoms with E-state index in [-0.39, 0.29) is 17.9 Å². The van der Waals surface area contributed by atoms with Crippen LogP contribution in [0.3, 0.4) is 0 Å². The number of rotatable bonds is 4. The molecule has 1 aliphatic rings. The molecule has 0 unspecified atom stereocenters. The van der Waals surface area contributed by atoms with Crippen molar-refractivity contribution >= 4 is 11.8 Å². The molecule has 1 fully saturated rings. The largest absolute Gasteiger partial charge is 0.481 e. The zero-order valence-electron chi connectivity index (χ0n) is 8.93. The van der Waals surface area contributed by atoms with Crippen molar-refractivity contribution in [1.29, 1.82) is 0 Å². The highest BCUT2D eigenvalue weighted by molar-refractivity contribution is 5.78. The second-order valence-electron chi connectivity index (χ2n) is 4.13. The lowest BCUT2D eigenvalue weighted by molar-refractivity contribution is -0.142. The van der Waals surface area contributed by atoms with Gasteiger partial charge >= 0.3 is 5.97 Å². The smallest absolute Gasteiger partial charge is 0.311 e. The monoisotopic (exact) mass is 223 g/mol. The number of carbonyl (C=O) groups is 1. The summed E-state index contributed by atoms with van der Waals surface area (Å²) in [5.41, 5.74) is -0.939. The van der Waals surface area contributed by atoms with Gasteiger partial charge in [-0.15, -0.1) is 0 Å². The van der Waals surface area contributed by atoms with E-state index in [1.807, 2.05) is 0 Å². The van der Waals surface area contributed by atoms with Crippen molar-refractivity contribution in [2.45, 2.75) is 12.8 Å². The highest BCUT2D eigenvalue weighted by Crippen LogP contribution is 2.45. The van der Waals surface area contributed by atoms with Crippen LogP contribution in [0.5, 0.6) is 0 Å². The fraction of sp³-hybridized carbons (Fsp3) is 0.500. The van der Waals surface area contributed by atoms with Gasteiger partial charge in [-0.05, 0) is 12.8 Å². The van der Waals surface area contributed by atoms with Crippen molar-refractivity contribution in [3.8, 4) is 0 Å². The maximum atomic E-state index is 11.6. The van der Waals surface area contributed by atoms with Gasteiger partial charge in [0, 0.05) is 26.0 Å². The number of aryl methyl sites for hydroxylation is 1. The molecular formula is C10H13N3O3. The van der Waals surface area contributed by atoms with Crippen LogP contribution < -0.4 is 10.9 Å². The summed E-state index contributed by atoms with van der Waals surface area (Å²) in [6, 6.07) is 0. The summed E-state index contributed by atoms with van der Waals surface area (Å²) in [4.78, 5) is 26.4. The molecule has 6 nitrogen and oxygen atoms in total. The third-order valence-corrected chi connectivity index (χ3v) is 2.92. The van der Waals surface area contributed by atoms with Crippen LogP contribution in [-0.2, 0) is 11.8 Å². The summed E-state index contributed by atoms with van der Waals surface area (Å²) in [6.45, 7) is 0.259. The van der Waals surface area contributed by atoms with Crippen molar-refractivity contribution in [2.24, 2.45) is 12.5 Å². The van der Waals surface area contributed by atoms with E-state index in [0.29, 0.717) is 12.8 Å². The molecule has 1 heterocycles. The lowest BCUT2D eigenvalue weighted by Crippen LogP contribution is -2.29.